The average Bonchev–Trinajstić information content (AvgIpc) is 2.48. The molecular weight excluding hydrogens is 280 g/mol. The first-order valence-corrected chi connectivity index (χ1v) is 6.14. The second-order valence-corrected chi connectivity index (χ2v) is 4.32. The van der Waals surface area contributed by atoms with E-state index in [1.54, 1.807) is 30.3 Å². The van der Waals surface area contributed by atoms with Crippen LogP contribution in [0.2, 0.25) is 5.02 Å². The normalized spacial score (nSPS) is 9.85. The fraction of sp³-hybridized carbons (Fsp3) is 0.0714. The topological polar surface area (TPSA) is 68.3 Å². The van der Waals surface area contributed by atoms with Gasteiger partial charge in [0.05, 0.1) is 6.20 Å². The van der Waals surface area contributed by atoms with Gasteiger partial charge in [0.1, 0.15) is 11.4 Å². The molecule has 1 N–H and O–H groups in total. The number of carbonyl (C=O) groups is 2. The molecule has 0 atom stereocenters. The molecule has 5 nitrogen and oxygen atoms in total. The van der Waals surface area contributed by atoms with E-state index in [4.69, 9.17) is 16.3 Å². The van der Waals surface area contributed by atoms with E-state index in [2.05, 4.69) is 10.3 Å². The Balaban J connectivity index is 1.85. The summed E-state index contributed by atoms with van der Waals surface area (Å²) in [5.41, 5.74) is 0.945. The quantitative estimate of drug-likeness (QED) is 0.859. The van der Waals surface area contributed by atoms with Crippen molar-refractivity contribution in [3.05, 3.63) is 53.3 Å². The first kappa shape index (κ1) is 14.0. The molecule has 1 aromatic heterocycles. The molecule has 0 aliphatic carbocycles. The second-order valence-electron chi connectivity index (χ2n) is 3.88. The Morgan fingerprint density at radius 1 is 1.25 bits per heavy atom. The van der Waals surface area contributed by atoms with Crippen LogP contribution in [0.4, 0.5) is 5.69 Å². The Bertz CT molecular complexity index is 597. The number of ether oxygens (including phenoxy) is 1. The average molecular weight is 291 g/mol. The summed E-state index contributed by atoms with van der Waals surface area (Å²) in [6.45, 7) is -0.148. The maximum Gasteiger partial charge on any atom is 0.262 e. The van der Waals surface area contributed by atoms with Crippen LogP contribution in [0.15, 0.2) is 42.6 Å². The number of hydrogen-bond donors (Lipinski definition) is 1. The summed E-state index contributed by atoms with van der Waals surface area (Å²) in [5, 5.41) is 3.26. The summed E-state index contributed by atoms with van der Waals surface area (Å²) in [7, 11) is 0. The number of nitrogens with one attached hydrogen (secondary N) is 1. The van der Waals surface area contributed by atoms with Crippen molar-refractivity contribution in [3.63, 3.8) is 0 Å². The number of carbonyl (C=O) groups excluding carboxylic acids is 2. The van der Waals surface area contributed by atoms with E-state index < -0.39 is 0 Å². The number of nitrogens with zero attached hydrogens (tertiary/aromatic N) is 1. The molecule has 0 bridgehead atoms. The van der Waals surface area contributed by atoms with Gasteiger partial charge in [-0.1, -0.05) is 11.6 Å². The van der Waals surface area contributed by atoms with E-state index in [0.717, 1.165) is 0 Å². The lowest BCUT2D eigenvalue weighted by atomic mass is 10.3. The number of amides is 1. The third-order valence-electron chi connectivity index (χ3n) is 2.38. The summed E-state index contributed by atoms with van der Waals surface area (Å²) in [5.74, 6) is 0.119. The van der Waals surface area contributed by atoms with Crippen molar-refractivity contribution < 1.29 is 14.3 Å². The standard InChI is InChI=1S/C14H11ClN2O3/c15-10-1-3-11(4-2-10)17-14(19)9-20-13-6-5-12(8-18)16-7-13/h1-8H,9H2,(H,17,19). The Morgan fingerprint density at radius 2 is 2.00 bits per heavy atom. The van der Waals surface area contributed by atoms with Crippen molar-refractivity contribution in [1.82, 2.24) is 4.98 Å². The highest BCUT2D eigenvalue weighted by Crippen LogP contribution is 2.13. The van der Waals surface area contributed by atoms with E-state index in [1.807, 2.05) is 0 Å². The highest BCUT2D eigenvalue weighted by molar-refractivity contribution is 6.30. The minimum Gasteiger partial charge on any atom is -0.482 e. The molecule has 0 fully saturated rings. The van der Waals surface area contributed by atoms with Crippen LogP contribution in [0.1, 0.15) is 10.5 Å². The van der Waals surface area contributed by atoms with E-state index in [0.29, 0.717) is 28.4 Å². The molecule has 0 saturated heterocycles. The van der Waals surface area contributed by atoms with Gasteiger partial charge in [0.2, 0.25) is 0 Å². The lowest BCUT2D eigenvalue weighted by molar-refractivity contribution is -0.118. The van der Waals surface area contributed by atoms with Gasteiger partial charge in [-0.2, -0.15) is 0 Å². The Kier molecular flexibility index (Phi) is 4.68. The Hall–Kier alpha value is -2.40. The van der Waals surface area contributed by atoms with Gasteiger partial charge in [-0.05, 0) is 36.4 Å². The maximum atomic E-state index is 11.6. The smallest absolute Gasteiger partial charge is 0.262 e. The van der Waals surface area contributed by atoms with Gasteiger partial charge in [-0.25, -0.2) is 4.98 Å². The molecule has 0 aliphatic heterocycles. The van der Waals surface area contributed by atoms with Crippen LogP contribution in [0.3, 0.4) is 0 Å². The van der Waals surface area contributed by atoms with Crippen molar-refractivity contribution in [2.75, 3.05) is 11.9 Å². The Labute approximate surface area is 120 Å². The molecule has 1 heterocycles. The third-order valence-corrected chi connectivity index (χ3v) is 2.63. The first-order chi connectivity index (χ1) is 9.67. The maximum absolute atomic E-state index is 11.6. The number of aldehydes is 1. The molecule has 0 radical (unpaired) electrons. The van der Waals surface area contributed by atoms with Crippen LogP contribution in [-0.2, 0) is 4.79 Å². The van der Waals surface area contributed by atoms with Crippen molar-refractivity contribution >= 4 is 29.5 Å². The molecule has 1 amide bonds. The molecule has 6 heteroatoms. The summed E-state index contributed by atoms with van der Waals surface area (Å²) in [6.07, 6.45) is 2.02. The molecule has 0 unspecified atom stereocenters. The second kappa shape index (κ2) is 6.68. The summed E-state index contributed by atoms with van der Waals surface area (Å²) in [6, 6.07) is 9.84. The zero-order chi connectivity index (χ0) is 14.4. The van der Waals surface area contributed by atoms with Crippen LogP contribution >= 0.6 is 11.6 Å². The van der Waals surface area contributed by atoms with Gasteiger partial charge < -0.3 is 10.1 Å². The molecule has 1 aromatic carbocycles. The highest BCUT2D eigenvalue weighted by Gasteiger charge is 2.04. The molecule has 102 valence electrons. The van der Waals surface area contributed by atoms with Gasteiger partial charge in [-0.3, -0.25) is 9.59 Å². The molecule has 0 aliphatic rings. The summed E-state index contributed by atoms with van der Waals surface area (Å²) >= 11 is 5.74. The lowest BCUT2D eigenvalue weighted by Gasteiger charge is -2.07. The van der Waals surface area contributed by atoms with Gasteiger partial charge in [0.25, 0.3) is 5.91 Å². The number of benzene rings is 1. The molecular formula is C14H11ClN2O3. The minimum atomic E-state index is -0.299. The zero-order valence-electron chi connectivity index (χ0n) is 10.4. The zero-order valence-corrected chi connectivity index (χ0v) is 11.1. The predicted octanol–water partition coefficient (Wildman–Crippen LogP) is 2.57. The van der Waals surface area contributed by atoms with Crippen molar-refractivity contribution in [2.45, 2.75) is 0 Å². The summed E-state index contributed by atoms with van der Waals surface area (Å²) in [4.78, 5) is 25.9. The summed E-state index contributed by atoms with van der Waals surface area (Å²) < 4.78 is 5.25. The van der Waals surface area contributed by atoms with E-state index in [1.165, 1.54) is 12.3 Å². The first-order valence-electron chi connectivity index (χ1n) is 5.77. The third kappa shape index (κ3) is 4.07. The van der Waals surface area contributed by atoms with Crippen molar-refractivity contribution in [3.8, 4) is 5.75 Å². The van der Waals surface area contributed by atoms with Crippen LogP contribution in [0, 0.1) is 0 Å². The van der Waals surface area contributed by atoms with Gasteiger partial charge in [0.15, 0.2) is 12.9 Å². The number of anilines is 1. The van der Waals surface area contributed by atoms with E-state index in [9.17, 15) is 9.59 Å². The number of aromatic nitrogens is 1. The van der Waals surface area contributed by atoms with Crippen LogP contribution < -0.4 is 10.1 Å². The monoisotopic (exact) mass is 290 g/mol. The highest BCUT2D eigenvalue weighted by atomic mass is 35.5. The van der Waals surface area contributed by atoms with E-state index in [-0.39, 0.29) is 12.5 Å². The number of pyridine rings is 1. The predicted molar refractivity (Wildman–Crippen MR) is 75.2 cm³/mol. The largest absolute Gasteiger partial charge is 0.482 e. The molecule has 2 aromatic rings. The van der Waals surface area contributed by atoms with E-state index >= 15 is 0 Å². The van der Waals surface area contributed by atoms with Crippen LogP contribution in [0.5, 0.6) is 5.75 Å². The number of halogens is 1. The molecule has 20 heavy (non-hydrogen) atoms. The molecule has 0 saturated carbocycles. The fourth-order valence-corrected chi connectivity index (χ4v) is 1.55. The van der Waals surface area contributed by atoms with Crippen LogP contribution in [-0.4, -0.2) is 23.8 Å². The van der Waals surface area contributed by atoms with Gasteiger partial charge in [0, 0.05) is 10.7 Å². The fourth-order valence-electron chi connectivity index (χ4n) is 1.43. The minimum absolute atomic E-state index is 0.148. The number of hydrogen-bond acceptors (Lipinski definition) is 4. The van der Waals surface area contributed by atoms with Crippen molar-refractivity contribution in [2.24, 2.45) is 0 Å². The number of rotatable bonds is 5. The van der Waals surface area contributed by atoms with Gasteiger partial charge in [-0.15, -0.1) is 0 Å². The van der Waals surface area contributed by atoms with Crippen LogP contribution in [0.25, 0.3) is 0 Å². The lowest BCUT2D eigenvalue weighted by Crippen LogP contribution is -2.20. The van der Waals surface area contributed by atoms with Crippen molar-refractivity contribution in [1.29, 1.82) is 0 Å². The Morgan fingerprint density at radius 3 is 2.60 bits per heavy atom. The SMILES string of the molecule is O=Cc1ccc(OCC(=O)Nc2ccc(Cl)cc2)cn1. The molecule has 0 spiro atoms. The van der Waals surface area contributed by atoms with Gasteiger partial charge >= 0.3 is 0 Å². The molecule has 2 rings (SSSR count).